The van der Waals surface area contributed by atoms with Gasteiger partial charge in [-0.05, 0) is 41.7 Å². The van der Waals surface area contributed by atoms with E-state index in [9.17, 15) is 14.0 Å². The lowest BCUT2D eigenvalue weighted by atomic mass is 10.0. The number of carbonyl (C=O) groups is 2. The van der Waals surface area contributed by atoms with E-state index in [-0.39, 0.29) is 30.0 Å². The fraction of sp³-hybridized carbons (Fsp3) is 0.364. The van der Waals surface area contributed by atoms with Crippen LogP contribution in [0.1, 0.15) is 37.0 Å². The molecule has 0 aromatic heterocycles. The predicted molar refractivity (Wildman–Crippen MR) is 104 cm³/mol. The third-order valence-electron chi connectivity index (χ3n) is 5.12. The largest absolute Gasteiger partial charge is 0.338 e. The molecule has 4 nitrogen and oxygen atoms in total. The average Bonchev–Trinajstić information content (AvgIpc) is 3.04. The lowest BCUT2D eigenvalue weighted by Gasteiger charge is -2.18. The van der Waals surface area contributed by atoms with Gasteiger partial charge in [-0.15, -0.1) is 0 Å². The Kier molecular flexibility index (Phi) is 5.89. The summed E-state index contributed by atoms with van der Waals surface area (Å²) in [6.07, 6.45) is 1.89. The van der Waals surface area contributed by atoms with Crippen molar-refractivity contribution in [2.45, 2.75) is 39.7 Å². The molecule has 1 atom stereocenters. The number of carbonyl (C=O) groups excluding carboxylic acids is 2. The smallest absolute Gasteiger partial charge is 0.229 e. The average molecular weight is 368 g/mol. The fourth-order valence-corrected chi connectivity index (χ4v) is 3.54. The Bertz CT molecular complexity index is 810. The summed E-state index contributed by atoms with van der Waals surface area (Å²) in [7, 11) is 0. The van der Waals surface area contributed by atoms with Crippen molar-refractivity contribution in [1.82, 2.24) is 4.90 Å². The molecule has 1 unspecified atom stereocenters. The number of para-hydroxylation sites is 1. The van der Waals surface area contributed by atoms with Crippen molar-refractivity contribution in [3.63, 3.8) is 0 Å². The molecule has 3 rings (SSSR count). The molecule has 1 aliphatic heterocycles. The van der Waals surface area contributed by atoms with Crippen LogP contribution >= 0.6 is 0 Å². The van der Waals surface area contributed by atoms with E-state index in [1.807, 2.05) is 18.2 Å². The van der Waals surface area contributed by atoms with Crippen molar-refractivity contribution in [3.05, 3.63) is 65.0 Å². The molecule has 0 aliphatic carbocycles. The number of aryl methyl sites for hydroxylation is 2. The number of benzene rings is 2. The first-order valence-corrected chi connectivity index (χ1v) is 9.45. The Labute approximate surface area is 159 Å². The van der Waals surface area contributed by atoms with Crippen molar-refractivity contribution >= 4 is 17.5 Å². The Hall–Kier alpha value is -2.69. The monoisotopic (exact) mass is 368 g/mol. The van der Waals surface area contributed by atoms with Gasteiger partial charge in [0.05, 0.1) is 5.92 Å². The third-order valence-corrected chi connectivity index (χ3v) is 5.12. The molecule has 27 heavy (non-hydrogen) atoms. The zero-order valence-corrected chi connectivity index (χ0v) is 15.8. The molecular weight excluding hydrogens is 343 g/mol. The second-order valence-corrected chi connectivity index (χ2v) is 6.95. The number of anilines is 1. The van der Waals surface area contributed by atoms with Gasteiger partial charge in [0.2, 0.25) is 11.8 Å². The van der Waals surface area contributed by atoms with Gasteiger partial charge in [0.15, 0.2) is 0 Å². The van der Waals surface area contributed by atoms with Crippen LogP contribution in [0.15, 0.2) is 42.5 Å². The number of amides is 2. The van der Waals surface area contributed by atoms with Gasteiger partial charge in [0.25, 0.3) is 0 Å². The van der Waals surface area contributed by atoms with E-state index in [1.54, 1.807) is 17.0 Å². The quantitative estimate of drug-likeness (QED) is 0.840. The van der Waals surface area contributed by atoms with Crippen LogP contribution in [-0.2, 0) is 29.0 Å². The highest BCUT2D eigenvalue weighted by atomic mass is 19.1. The molecule has 1 heterocycles. The second-order valence-electron chi connectivity index (χ2n) is 6.95. The maximum absolute atomic E-state index is 13.0. The molecule has 0 bridgehead atoms. The molecule has 2 aromatic rings. The van der Waals surface area contributed by atoms with Gasteiger partial charge in [0, 0.05) is 25.2 Å². The summed E-state index contributed by atoms with van der Waals surface area (Å²) >= 11 is 0. The summed E-state index contributed by atoms with van der Waals surface area (Å²) in [5.41, 5.74) is 3.96. The molecule has 0 spiro atoms. The lowest BCUT2D eigenvalue weighted by molar-refractivity contribution is -0.128. The second kappa shape index (κ2) is 8.33. The van der Waals surface area contributed by atoms with Crippen LogP contribution in [0.25, 0.3) is 0 Å². The summed E-state index contributed by atoms with van der Waals surface area (Å²) in [6.45, 7) is 4.91. The summed E-state index contributed by atoms with van der Waals surface area (Å²) in [4.78, 5) is 26.8. The minimum Gasteiger partial charge on any atom is -0.338 e. The number of hydrogen-bond donors (Lipinski definition) is 1. The van der Waals surface area contributed by atoms with E-state index in [2.05, 4.69) is 19.2 Å². The van der Waals surface area contributed by atoms with Gasteiger partial charge in [-0.1, -0.05) is 44.2 Å². The van der Waals surface area contributed by atoms with E-state index in [0.717, 1.165) is 35.2 Å². The van der Waals surface area contributed by atoms with Crippen LogP contribution < -0.4 is 5.32 Å². The van der Waals surface area contributed by atoms with Gasteiger partial charge in [-0.25, -0.2) is 4.39 Å². The number of nitrogens with one attached hydrogen (secondary N) is 1. The Morgan fingerprint density at radius 3 is 2.33 bits per heavy atom. The van der Waals surface area contributed by atoms with E-state index < -0.39 is 0 Å². The lowest BCUT2D eigenvalue weighted by Crippen LogP contribution is -2.28. The first-order chi connectivity index (χ1) is 13.0. The Balaban J connectivity index is 1.68. The van der Waals surface area contributed by atoms with Crippen LogP contribution in [-0.4, -0.2) is 23.3 Å². The molecule has 1 N–H and O–H groups in total. The normalized spacial score (nSPS) is 16.6. The number of hydrogen-bond acceptors (Lipinski definition) is 2. The molecule has 2 aromatic carbocycles. The maximum Gasteiger partial charge on any atom is 0.229 e. The van der Waals surface area contributed by atoms with Crippen LogP contribution in [0.4, 0.5) is 10.1 Å². The summed E-state index contributed by atoms with van der Waals surface area (Å²) in [6, 6.07) is 12.2. The van der Waals surface area contributed by atoms with Crippen LogP contribution in [0.3, 0.4) is 0 Å². The van der Waals surface area contributed by atoms with Crippen molar-refractivity contribution in [2.75, 3.05) is 11.9 Å². The van der Waals surface area contributed by atoms with Crippen molar-refractivity contribution in [1.29, 1.82) is 0 Å². The fourth-order valence-electron chi connectivity index (χ4n) is 3.54. The number of likely N-dealkylation sites (tertiary alicyclic amines) is 1. The Morgan fingerprint density at radius 1 is 1.11 bits per heavy atom. The van der Waals surface area contributed by atoms with Gasteiger partial charge < -0.3 is 10.2 Å². The molecule has 0 saturated carbocycles. The molecule has 5 heteroatoms. The van der Waals surface area contributed by atoms with E-state index in [0.29, 0.717) is 13.1 Å². The first-order valence-electron chi connectivity index (χ1n) is 9.45. The predicted octanol–water partition coefficient (Wildman–Crippen LogP) is 3.94. The summed E-state index contributed by atoms with van der Waals surface area (Å²) in [5, 5.41) is 3.07. The van der Waals surface area contributed by atoms with Gasteiger partial charge >= 0.3 is 0 Å². The van der Waals surface area contributed by atoms with Crippen LogP contribution in [0.2, 0.25) is 0 Å². The van der Waals surface area contributed by atoms with Gasteiger partial charge in [0.1, 0.15) is 5.82 Å². The SMILES string of the molecule is CCc1cccc(CC)c1NC(=O)C1CC(=O)N(Cc2ccc(F)cc2)C1. The van der Waals surface area contributed by atoms with E-state index in [4.69, 9.17) is 0 Å². The highest BCUT2D eigenvalue weighted by molar-refractivity contribution is 5.98. The summed E-state index contributed by atoms with van der Waals surface area (Å²) < 4.78 is 13.0. The highest BCUT2D eigenvalue weighted by Crippen LogP contribution is 2.26. The molecule has 142 valence electrons. The standard InChI is InChI=1S/C22H25FN2O2/c1-3-16-6-5-7-17(4-2)21(16)24-22(27)18-12-20(26)25(14-18)13-15-8-10-19(23)11-9-15/h5-11,18H,3-4,12-14H2,1-2H3,(H,24,27). The molecule has 2 amide bonds. The maximum atomic E-state index is 13.0. The molecule has 1 saturated heterocycles. The van der Waals surface area contributed by atoms with Crippen LogP contribution in [0.5, 0.6) is 0 Å². The molecular formula is C22H25FN2O2. The van der Waals surface area contributed by atoms with Crippen molar-refractivity contribution in [2.24, 2.45) is 5.92 Å². The zero-order chi connectivity index (χ0) is 19.4. The van der Waals surface area contributed by atoms with Gasteiger partial charge in [-0.2, -0.15) is 0 Å². The minimum absolute atomic E-state index is 0.0426. The highest BCUT2D eigenvalue weighted by Gasteiger charge is 2.34. The minimum atomic E-state index is -0.368. The molecule has 1 aliphatic rings. The number of nitrogens with zero attached hydrogens (tertiary/aromatic N) is 1. The topological polar surface area (TPSA) is 49.4 Å². The van der Waals surface area contributed by atoms with Crippen molar-refractivity contribution in [3.8, 4) is 0 Å². The number of rotatable bonds is 6. The van der Waals surface area contributed by atoms with E-state index >= 15 is 0 Å². The summed E-state index contributed by atoms with van der Waals surface area (Å²) in [5.74, 6) is -0.822. The van der Waals surface area contributed by atoms with E-state index in [1.165, 1.54) is 12.1 Å². The number of halogens is 1. The van der Waals surface area contributed by atoms with Gasteiger partial charge in [-0.3, -0.25) is 9.59 Å². The zero-order valence-electron chi connectivity index (χ0n) is 15.8. The molecule has 0 radical (unpaired) electrons. The third kappa shape index (κ3) is 4.35. The van der Waals surface area contributed by atoms with Crippen LogP contribution in [0, 0.1) is 11.7 Å². The Morgan fingerprint density at radius 2 is 1.74 bits per heavy atom. The molecule has 1 fully saturated rings. The van der Waals surface area contributed by atoms with Crippen molar-refractivity contribution < 1.29 is 14.0 Å². The first kappa shape index (κ1) is 19.1.